The van der Waals surface area contributed by atoms with Crippen molar-refractivity contribution in [2.24, 2.45) is 0 Å². The fourth-order valence-corrected chi connectivity index (χ4v) is 3.89. The molecule has 1 aliphatic heterocycles. The highest BCUT2D eigenvalue weighted by Crippen LogP contribution is 2.27. The fraction of sp³-hybridized carbons (Fsp3) is 0.389. The largest absolute Gasteiger partial charge is 0.350 e. The zero-order valence-corrected chi connectivity index (χ0v) is 14.7. The maximum Gasteiger partial charge on any atom is 0.243 e. The van der Waals surface area contributed by atoms with Crippen LogP contribution in [0.1, 0.15) is 31.0 Å². The molecule has 2 aromatic rings. The lowest BCUT2D eigenvalue weighted by atomic mass is 10.1. The smallest absolute Gasteiger partial charge is 0.243 e. The monoisotopic (exact) mass is 343 g/mol. The molecule has 2 amide bonds. The number of carbonyl (C=O) groups excluding carboxylic acids is 2. The van der Waals surface area contributed by atoms with Crippen molar-refractivity contribution in [3.05, 3.63) is 41.0 Å². The number of aromatic nitrogens is 1. The summed E-state index contributed by atoms with van der Waals surface area (Å²) in [5.41, 5.74) is 5.07. The van der Waals surface area contributed by atoms with Gasteiger partial charge in [-0.1, -0.05) is 24.3 Å². The molecule has 1 aromatic carbocycles. The maximum absolute atomic E-state index is 12.3. The molecule has 0 saturated carbocycles. The zero-order valence-electron chi connectivity index (χ0n) is 13.9. The van der Waals surface area contributed by atoms with Crippen LogP contribution in [0, 0.1) is 6.92 Å². The van der Waals surface area contributed by atoms with E-state index in [1.54, 1.807) is 16.2 Å². The minimum Gasteiger partial charge on any atom is -0.350 e. The van der Waals surface area contributed by atoms with Gasteiger partial charge in [-0.3, -0.25) is 9.59 Å². The lowest BCUT2D eigenvalue weighted by Crippen LogP contribution is -2.44. The quantitative estimate of drug-likeness (QED) is 0.928. The number of likely N-dealkylation sites (tertiary alicyclic amines) is 1. The number of rotatable bonds is 4. The van der Waals surface area contributed by atoms with Crippen molar-refractivity contribution in [1.29, 1.82) is 0 Å². The van der Waals surface area contributed by atoms with E-state index >= 15 is 0 Å². The van der Waals surface area contributed by atoms with E-state index in [9.17, 15) is 9.59 Å². The third-order valence-electron chi connectivity index (χ3n) is 4.39. The average Bonchev–Trinajstić information content (AvgIpc) is 3.22. The predicted molar refractivity (Wildman–Crippen MR) is 94.5 cm³/mol. The van der Waals surface area contributed by atoms with E-state index in [-0.39, 0.29) is 17.9 Å². The minimum absolute atomic E-state index is 0.0306. The molecule has 1 atom stereocenters. The Labute approximate surface area is 145 Å². The number of hydrogen-bond donors (Lipinski definition) is 1. The predicted octanol–water partition coefficient (Wildman–Crippen LogP) is 2.75. The van der Waals surface area contributed by atoms with Gasteiger partial charge in [0.05, 0.1) is 16.1 Å². The molecule has 1 fully saturated rings. The van der Waals surface area contributed by atoms with Gasteiger partial charge in [0.15, 0.2) is 0 Å². The Kier molecular flexibility index (Phi) is 4.94. The van der Waals surface area contributed by atoms with Crippen LogP contribution in [0.2, 0.25) is 0 Å². The summed E-state index contributed by atoms with van der Waals surface area (Å²) in [7, 11) is 0. The van der Waals surface area contributed by atoms with Crippen LogP contribution < -0.4 is 5.32 Å². The summed E-state index contributed by atoms with van der Waals surface area (Å²) in [6.45, 7) is 4.67. The Morgan fingerprint density at radius 2 is 2.08 bits per heavy atom. The number of nitrogens with one attached hydrogen (secondary N) is 1. The van der Waals surface area contributed by atoms with Crippen LogP contribution in [0.3, 0.4) is 0 Å². The Bertz CT molecular complexity index is 739. The summed E-state index contributed by atoms with van der Waals surface area (Å²) >= 11 is 1.63. The number of hydrogen-bond acceptors (Lipinski definition) is 4. The highest BCUT2D eigenvalue weighted by molar-refractivity contribution is 7.13. The van der Waals surface area contributed by atoms with E-state index in [4.69, 9.17) is 0 Å². The standard InChI is InChI=1S/C18H21N3O2S/c1-12-17(24-11-20-12)15-7-5-14(6-8-15)10-19-18(23)16-4-3-9-21(16)13(2)22/h5-8,11,16H,3-4,9-10H2,1-2H3,(H,19,23). The Balaban J connectivity index is 1.60. The normalized spacial score (nSPS) is 17.1. The topological polar surface area (TPSA) is 62.3 Å². The van der Waals surface area contributed by atoms with Gasteiger partial charge in [-0.25, -0.2) is 4.98 Å². The molecule has 6 heteroatoms. The molecule has 1 N–H and O–H groups in total. The Morgan fingerprint density at radius 3 is 2.71 bits per heavy atom. The van der Waals surface area contributed by atoms with Crippen LogP contribution in [-0.2, 0) is 16.1 Å². The van der Waals surface area contributed by atoms with Gasteiger partial charge in [0, 0.05) is 20.0 Å². The number of aryl methyl sites for hydroxylation is 1. The molecule has 1 unspecified atom stereocenters. The van der Waals surface area contributed by atoms with Crippen LogP contribution in [0.4, 0.5) is 0 Å². The lowest BCUT2D eigenvalue weighted by molar-refractivity contribution is -0.136. The van der Waals surface area contributed by atoms with Crippen molar-refractivity contribution in [3.63, 3.8) is 0 Å². The summed E-state index contributed by atoms with van der Waals surface area (Å²) in [4.78, 5) is 31.0. The summed E-state index contributed by atoms with van der Waals surface area (Å²) in [6.07, 6.45) is 1.63. The van der Waals surface area contributed by atoms with Gasteiger partial charge < -0.3 is 10.2 Å². The number of benzene rings is 1. The molecule has 3 rings (SSSR count). The first-order valence-corrected chi connectivity index (χ1v) is 8.98. The second kappa shape index (κ2) is 7.13. The van der Waals surface area contributed by atoms with Crippen LogP contribution in [0.5, 0.6) is 0 Å². The zero-order chi connectivity index (χ0) is 17.1. The van der Waals surface area contributed by atoms with Crippen LogP contribution in [-0.4, -0.2) is 34.3 Å². The molecule has 2 heterocycles. The number of nitrogens with zero attached hydrogens (tertiary/aromatic N) is 2. The minimum atomic E-state index is -0.318. The van der Waals surface area contributed by atoms with Crippen molar-refractivity contribution < 1.29 is 9.59 Å². The van der Waals surface area contributed by atoms with Crippen molar-refractivity contribution in [3.8, 4) is 10.4 Å². The van der Waals surface area contributed by atoms with Crippen LogP contribution in [0.25, 0.3) is 10.4 Å². The molecule has 1 saturated heterocycles. The highest BCUT2D eigenvalue weighted by atomic mass is 32.1. The first kappa shape index (κ1) is 16.6. The molecule has 1 aliphatic rings. The summed E-state index contributed by atoms with van der Waals surface area (Å²) in [6, 6.07) is 7.83. The second-order valence-corrected chi connectivity index (χ2v) is 6.91. The molecule has 0 radical (unpaired) electrons. The van der Waals surface area contributed by atoms with E-state index < -0.39 is 0 Å². The molecule has 5 nitrogen and oxygen atoms in total. The van der Waals surface area contributed by atoms with Crippen molar-refractivity contribution in [2.75, 3.05) is 6.54 Å². The van der Waals surface area contributed by atoms with Gasteiger partial charge in [0.1, 0.15) is 6.04 Å². The van der Waals surface area contributed by atoms with E-state index in [1.165, 1.54) is 11.8 Å². The lowest BCUT2D eigenvalue weighted by Gasteiger charge is -2.22. The molecule has 126 valence electrons. The fourth-order valence-electron chi connectivity index (χ4n) is 3.08. The third-order valence-corrected chi connectivity index (χ3v) is 5.37. The van der Waals surface area contributed by atoms with Crippen LogP contribution in [0.15, 0.2) is 29.8 Å². The number of carbonyl (C=O) groups is 2. The molecule has 24 heavy (non-hydrogen) atoms. The van der Waals surface area contributed by atoms with Gasteiger partial charge in [-0.15, -0.1) is 11.3 Å². The Hall–Kier alpha value is -2.21. The van der Waals surface area contributed by atoms with Crippen molar-refractivity contribution >= 4 is 23.2 Å². The molecular weight excluding hydrogens is 322 g/mol. The molecule has 0 aliphatic carbocycles. The molecule has 0 spiro atoms. The Morgan fingerprint density at radius 1 is 1.33 bits per heavy atom. The van der Waals surface area contributed by atoms with E-state index in [1.807, 2.05) is 24.6 Å². The average molecular weight is 343 g/mol. The van der Waals surface area contributed by atoms with E-state index in [0.29, 0.717) is 13.1 Å². The maximum atomic E-state index is 12.3. The van der Waals surface area contributed by atoms with Gasteiger partial charge >= 0.3 is 0 Å². The highest BCUT2D eigenvalue weighted by Gasteiger charge is 2.31. The third kappa shape index (κ3) is 3.48. The second-order valence-electron chi connectivity index (χ2n) is 6.05. The summed E-state index contributed by atoms with van der Waals surface area (Å²) < 4.78 is 0. The van der Waals surface area contributed by atoms with E-state index in [0.717, 1.165) is 29.7 Å². The summed E-state index contributed by atoms with van der Waals surface area (Å²) in [5, 5.41) is 2.95. The first-order chi connectivity index (χ1) is 11.6. The van der Waals surface area contributed by atoms with Gasteiger partial charge in [-0.2, -0.15) is 0 Å². The summed E-state index contributed by atoms with van der Waals surface area (Å²) in [5.74, 6) is -0.0954. The molecular formula is C18H21N3O2S. The molecule has 1 aromatic heterocycles. The van der Waals surface area contributed by atoms with Crippen molar-refractivity contribution in [2.45, 2.75) is 39.3 Å². The van der Waals surface area contributed by atoms with Gasteiger partial charge in [-0.05, 0) is 30.9 Å². The van der Waals surface area contributed by atoms with Crippen molar-refractivity contribution in [1.82, 2.24) is 15.2 Å². The number of thiazole rings is 1. The SMILES string of the molecule is CC(=O)N1CCCC1C(=O)NCc1ccc(-c2scnc2C)cc1. The number of amides is 2. The van der Waals surface area contributed by atoms with E-state index in [2.05, 4.69) is 22.4 Å². The van der Waals surface area contributed by atoms with Gasteiger partial charge in [0.2, 0.25) is 11.8 Å². The van der Waals surface area contributed by atoms with Crippen LogP contribution >= 0.6 is 11.3 Å². The first-order valence-electron chi connectivity index (χ1n) is 8.10. The molecule has 0 bridgehead atoms. The van der Waals surface area contributed by atoms with Gasteiger partial charge in [0.25, 0.3) is 0 Å².